The highest BCUT2D eigenvalue weighted by Gasteiger charge is 2.32. The predicted octanol–water partition coefficient (Wildman–Crippen LogP) is -0.0271. The van der Waals surface area contributed by atoms with E-state index in [1.165, 1.54) is 6.08 Å². The highest BCUT2D eigenvalue weighted by Crippen LogP contribution is 2.29. The molecule has 2 fully saturated rings. The molecule has 0 amide bonds. The molecular weight excluding hydrogens is 344 g/mol. The van der Waals surface area contributed by atoms with Gasteiger partial charge in [-0.2, -0.15) is 0 Å². The number of carboxylic acid groups (broad SMARTS) is 1. The van der Waals surface area contributed by atoms with Crippen LogP contribution in [0.15, 0.2) is 12.2 Å². The normalized spacial score (nSPS) is 36.6. The largest absolute Gasteiger partial charge is 0.479 e. The Morgan fingerprint density at radius 2 is 1.54 bits per heavy atom. The predicted molar refractivity (Wildman–Crippen MR) is 90.0 cm³/mol. The van der Waals surface area contributed by atoms with Crippen LogP contribution in [0.2, 0.25) is 0 Å². The number of hydrogen-bond acceptors (Lipinski definition) is 7. The summed E-state index contributed by atoms with van der Waals surface area (Å²) in [6.45, 7) is 0. The van der Waals surface area contributed by atoms with E-state index < -0.39 is 42.5 Å². The lowest BCUT2D eigenvalue weighted by atomic mass is 9.82. The van der Waals surface area contributed by atoms with E-state index in [0.29, 0.717) is 32.1 Å². The van der Waals surface area contributed by atoms with Crippen molar-refractivity contribution >= 4 is 11.9 Å². The summed E-state index contributed by atoms with van der Waals surface area (Å²) in [6.07, 6.45) is 0.951. The highest BCUT2D eigenvalue weighted by atomic mass is 16.6. The molecule has 26 heavy (non-hydrogen) atoms. The van der Waals surface area contributed by atoms with Crippen molar-refractivity contribution in [2.24, 2.45) is 11.8 Å². The fourth-order valence-corrected chi connectivity index (χ4v) is 3.66. The number of carbonyl (C=O) groups excluding carboxylic acids is 1. The second-order valence-electron chi connectivity index (χ2n) is 7.38. The van der Waals surface area contributed by atoms with Gasteiger partial charge in [-0.1, -0.05) is 6.08 Å². The van der Waals surface area contributed by atoms with E-state index in [1.807, 2.05) is 0 Å². The van der Waals surface area contributed by atoms with Crippen LogP contribution in [0.25, 0.3) is 0 Å². The van der Waals surface area contributed by atoms with E-state index in [9.17, 15) is 35.1 Å². The molecule has 5 N–H and O–H groups in total. The molecule has 7 unspecified atom stereocenters. The Morgan fingerprint density at radius 1 is 0.923 bits per heavy atom. The number of carboxylic acids is 1. The third-order valence-electron chi connectivity index (χ3n) is 5.30. The molecule has 2 aliphatic carbocycles. The molecule has 148 valence electrons. The van der Waals surface area contributed by atoms with E-state index in [2.05, 4.69) is 0 Å². The Balaban J connectivity index is 1.84. The van der Waals surface area contributed by atoms with Gasteiger partial charge in [-0.3, -0.25) is 0 Å². The first-order chi connectivity index (χ1) is 12.3. The number of allylic oxidation sites excluding steroid dienone is 1. The molecular formula is C18H28O8. The first-order valence-corrected chi connectivity index (χ1v) is 9.10. The van der Waals surface area contributed by atoms with Gasteiger partial charge in [0, 0.05) is 6.08 Å². The van der Waals surface area contributed by atoms with Gasteiger partial charge < -0.3 is 30.3 Å². The van der Waals surface area contributed by atoms with Gasteiger partial charge in [-0.15, -0.1) is 0 Å². The van der Waals surface area contributed by atoms with Crippen LogP contribution in [0.5, 0.6) is 0 Å². The zero-order valence-electron chi connectivity index (χ0n) is 14.6. The summed E-state index contributed by atoms with van der Waals surface area (Å²) in [7, 11) is 0. The summed E-state index contributed by atoms with van der Waals surface area (Å²) in [5.74, 6) is -2.22. The van der Waals surface area contributed by atoms with Crippen LogP contribution in [0.1, 0.15) is 44.9 Å². The zero-order chi connectivity index (χ0) is 19.3. The molecule has 0 radical (unpaired) electrons. The van der Waals surface area contributed by atoms with Crippen molar-refractivity contribution in [3.05, 3.63) is 12.2 Å². The van der Waals surface area contributed by atoms with Gasteiger partial charge in [0.25, 0.3) is 0 Å². The van der Waals surface area contributed by atoms with Crippen LogP contribution in [-0.2, 0) is 14.3 Å². The van der Waals surface area contributed by atoms with Crippen molar-refractivity contribution in [2.45, 2.75) is 75.5 Å². The average Bonchev–Trinajstić information content (AvgIpc) is 2.58. The minimum atomic E-state index is -1.31. The van der Waals surface area contributed by atoms with Gasteiger partial charge in [-0.05, 0) is 56.8 Å². The van der Waals surface area contributed by atoms with E-state index >= 15 is 0 Å². The molecule has 0 aliphatic heterocycles. The minimum absolute atomic E-state index is 0.0702. The second-order valence-corrected chi connectivity index (χ2v) is 7.38. The summed E-state index contributed by atoms with van der Waals surface area (Å²) < 4.78 is 5.03. The molecule has 8 heteroatoms. The molecule has 0 saturated heterocycles. The molecule has 0 bridgehead atoms. The Kier molecular flexibility index (Phi) is 7.57. The van der Waals surface area contributed by atoms with Gasteiger partial charge >= 0.3 is 11.9 Å². The number of aliphatic hydroxyl groups is 4. The van der Waals surface area contributed by atoms with E-state index in [-0.39, 0.29) is 24.7 Å². The number of carbonyl (C=O) groups is 2. The van der Waals surface area contributed by atoms with Crippen LogP contribution >= 0.6 is 0 Å². The highest BCUT2D eigenvalue weighted by molar-refractivity contribution is 5.85. The fraction of sp³-hybridized carbons (Fsp3) is 0.778. The van der Waals surface area contributed by atoms with E-state index in [0.717, 1.165) is 0 Å². The van der Waals surface area contributed by atoms with E-state index in [1.54, 1.807) is 6.08 Å². The third-order valence-corrected chi connectivity index (χ3v) is 5.30. The fourth-order valence-electron chi connectivity index (χ4n) is 3.66. The second kappa shape index (κ2) is 9.45. The Labute approximate surface area is 152 Å². The van der Waals surface area contributed by atoms with Crippen molar-refractivity contribution in [1.82, 2.24) is 0 Å². The van der Waals surface area contributed by atoms with Gasteiger partial charge in [0.2, 0.25) is 0 Å². The molecule has 0 spiro atoms. The lowest BCUT2D eigenvalue weighted by Crippen LogP contribution is -2.37. The number of ether oxygens (including phenoxy) is 1. The summed E-state index contributed by atoms with van der Waals surface area (Å²) in [4.78, 5) is 23.3. The third kappa shape index (κ3) is 6.05. The number of hydrogen-bond donors (Lipinski definition) is 5. The Hall–Kier alpha value is -1.48. The maximum Gasteiger partial charge on any atom is 0.345 e. The molecule has 8 nitrogen and oxygen atoms in total. The number of aliphatic hydroxyl groups excluding tert-OH is 4. The monoisotopic (exact) mass is 372 g/mol. The van der Waals surface area contributed by atoms with Crippen LogP contribution in [-0.4, -0.2) is 68.0 Å². The number of rotatable bonds is 6. The number of aliphatic carboxylic acids is 1. The minimum Gasteiger partial charge on any atom is -0.479 e. The lowest BCUT2D eigenvalue weighted by Gasteiger charge is -2.31. The summed E-state index contributed by atoms with van der Waals surface area (Å²) >= 11 is 0. The molecule has 7 atom stereocenters. The molecule has 0 aromatic heterocycles. The van der Waals surface area contributed by atoms with E-state index in [4.69, 9.17) is 4.74 Å². The summed E-state index contributed by atoms with van der Waals surface area (Å²) in [5.41, 5.74) is 0. The van der Waals surface area contributed by atoms with Gasteiger partial charge in [-0.25, -0.2) is 9.59 Å². The smallest absolute Gasteiger partial charge is 0.345 e. The van der Waals surface area contributed by atoms with Crippen molar-refractivity contribution in [3.8, 4) is 0 Å². The molecule has 2 saturated carbocycles. The lowest BCUT2D eigenvalue weighted by molar-refractivity contribution is -0.162. The molecule has 0 heterocycles. The number of esters is 1. The van der Waals surface area contributed by atoms with Gasteiger partial charge in [0.15, 0.2) is 6.10 Å². The quantitative estimate of drug-likeness (QED) is 0.323. The van der Waals surface area contributed by atoms with Crippen molar-refractivity contribution in [3.63, 3.8) is 0 Å². The van der Waals surface area contributed by atoms with Crippen LogP contribution < -0.4 is 0 Å². The topological polar surface area (TPSA) is 145 Å². The Morgan fingerprint density at radius 3 is 2.12 bits per heavy atom. The van der Waals surface area contributed by atoms with Crippen LogP contribution in [0.3, 0.4) is 0 Å². The first kappa shape index (κ1) is 20.8. The molecule has 2 aliphatic rings. The molecule has 2 rings (SSSR count). The van der Waals surface area contributed by atoms with Crippen LogP contribution in [0.4, 0.5) is 0 Å². The summed E-state index contributed by atoms with van der Waals surface area (Å²) in [6, 6.07) is 0. The maximum atomic E-state index is 11.9. The average molecular weight is 372 g/mol. The SMILES string of the molecule is O=C(/C=C/C1CCC(O)C(O)C1)OC(CC1CCC(O)C(O)C1)C(=O)O. The standard InChI is InChI=1S/C18H28O8/c19-12-4-1-10(7-14(12)21)3-6-17(23)26-16(18(24)25)9-11-2-5-13(20)15(22)8-11/h3,6,10-16,19-22H,1-2,4-5,7-9H2,(H,24,25)/b6-3+. The first-order valence-electron chi connectivity index (χ1n) is 9.10. The van der Waals surface area contributed by atoms with Crippen molar-refractivity contribution in [2.75, 3.05) is 0 Å². The van der Waals surface area contributed by atoms with Gasteiger partial charge in [0.1, 0.15) is 0 Å². The maximum absolute atomic E-state index is 11.9. The summed E-state index contributed by atoms with van der Waals surface area (Å²) in [5, 5.41) is 47.6. The van der Waals surface area contributed by atoms with Gasteiger partial charge in [0.05, 0.1) is 24.4 Å². The molecule has 0 aromatic rings. The molecule has 0 aromatic carbocycles. The van der Waals surface area contributed by atoms with Crippen molar-refractivity contribution in [1.29, 1.82) is 0 Å². The van der Waals surface area contributed by atoms with Crippen molar-refractivity contribution < 1.29 is 39.9 Å². The van der Waals surface area contributed by atoms with Crippen LogP contribution in [0, 0.1) is 11.8 Å². The zero-order valence-corrected chi connectivity index (χ0v) is 14.6. The Bertz CT molecular complexity index is 519.